The number of halogens is 2. The minimum absolute atomic E-state index is 0.0782. The molecule has 0 fully saturated rings. The first-order valence-electron chi connectivity index (χ1n) is 6.62. The fraction of sp³-hybridized carbons (Fsp3) is 0.357. The second-order valence-electron chi connectivity index (χ2n) is 4.55. The number of nitrogens with one attached hydrogen (secondary N) is 2. The van der Waals surface area contributed by atoms with E-state index in [0.29, 0.717) is 15.7 Å². The van der Waals surface area contributed by atoms with Crippen LogP contribution < -0.4 is 10.6 Å². The van der Waals surface area contributed by atoms with Crippen molar-refractivity contribution < 1.29 is 24.2 Å². The molecule has 0 aromatic heterocycles. The molecule has 1 atom stereocenters. The van der Waals surface area contributed by atoms with Crippen LogP contribution in [0.3, 0.4) is 0 Å². The molecule has 0 heterocycles. The van der Waals surface area contributed by atoms with Crippen LogP contribution in [0.5, 0.6) is 0 Å². The molecule has 0 aliphatic heterocycles. The number of hydrogen-bond acceptors (Lipinski definition) is 4. The molecule has 0 aliphatic rings. The highest BCUT2D eigenvalue weighted by atomic mass is 35.5. The van der Waals surface area contributed by atoms with Crippen LogP contribution in [0.4, 0.5) is 5.69 Å². The molecule has 3 N–H and O–H groups in total. The van der Waals surface area contributed by atoms with Crippen LogP contribution in [-0.4, -0.2) is 42.6 Å². The van der Waals surface area contributed by atoms with Gasteiger partial charge in [0.25, 0.3) is 11.8 Å². The van der Waals surface area contributed by atoms with Crippen molar-refractivity contribution in [3.05, 3.63) is 28.2 Å². The Balaban J connectivity index is 2.59. The molecular weight excluding hydrogens is 347 g/mol. The van der Waals surface area contributed by atoms with Gasteiger partial charge in [0.05, 0.1) is 0 Å². The quantitative estimate of drug-likeness (QED) is 0.484. The molecule has 1 unspecified atom stereocenters. The van der Waals surface area contributed by atoms with Crippen LogP contribution in [0.25, 0.3) is 0 Å². The number of methoxy groups -OCH3 is 1. The van der Waals surface area contributed by atoms with E-state index in [1.165, 1.54) is 25.3 Å². The molecule has 126 valence electrons. The molecular formula is C14H16Cl2N2O5. The van der Waals surface area contributed by atoms with E-state index in [0.717, 1.165) is 0 Å². The van der Waals surface area contributed by atoms with Crippen LogP contribution in [-0.2, 0) is 19.1 Å². The van der Waals surface area contributed by atoms with Crippen molar-refractivity contribution in [1.82, 2.24) is 5.32 Å². The Bertz CT molecular complexity index is 574. The summed E-state index contributed by atoms with van der Waals surface area (Å²) in [6, 6.07) is 4.45. The fourth-order valence-electron chi connectivity index (χ4n) is 1.71. The molecule has 23 heavy (non-hydrogen) atoms. The van der Waals surface area contributed by atoms with Gasteiger partial charge in [0.1, 0.15) is 0 Å². The van der Waals surface area contributed by atoms with E-state index >= 15 is 0 Å². The minimum Gasteiger partial charge on any atom is -0.481 e. The number of aliphatic carboxylic acids is 1. The molecule has 2 amide bonds. The Kier molecular flexibility index (Phi) is 7.80. The van der Waals surface area contributed by atoms with Gasteiger partial charge in [-0.3, -0.25) is 14.4 Å². The standard InChI is InChI=1S/C14H16Cl2N2O5/c1-23-12(13(21)17-4-2-3-11(19)20)14(22)18-10-6-8(15)5-9(16)7-10/h5-7,12H,2-4H2,1H3,(H,17,21)(H,18,22)(H,19,20). The average Bonchev–Trinajstić information content (AvgIpc) is 2.43. The van der Waals surface area contributed by atoms with E-state index < -0.39 is 23.9 Å². The predicted molar refractivity (Wildman–Crippen MR) is 85.8 cm³/mol. The number of carbonyl (C=O) groups is 3. The third-order valence-electron chi connectivity index (χ3n) is 2.71. The van der Waals surface area contributed by atoms with Crippen molar-refractivity contribution in [1.29, 1.82) is 0 Å². The third kappa shape index (κ3) is 6.85. The number of amides is 2. The summed E-state index contributed by atoms with van der Waals surface area (Å²) in [6.45, 7) is 0.126. The lowest BCUT2D eigenvalue weighted by Crippen LogP contribution is -2.44. The normalized spacial score (nSPS) is 11.6. The summed E-state index contributed by atoms with van der Waals surface area (Å²) < 4.78 is 4.88. The number of benzene rings is 1. The Morgan fingerprint density at radius 2 is 1.78 bits per heavy atom. The van der Waals surface area contributed by atoms with E-state index in [-0.39, 0.29) is 19.4 Å². The van der Waals surface area contributed by atoms with Crippen LogP contribution in [0.15, 0.2) is 18.2 Å². The first kappa shape index (κ1) is 19.2. The van der Waals surface area contributed by atoms with Crippen LogP contribution >= 0.6 is 23.2 Å². The number of hydrogen-bond donors (Lipinski definition) is 3. The second-order valence-corrected chi connectivity index (χ2v) is 5.42. The SMILES string of the molecule is COC(C(=O)NCCCC(=O)O)C(=O)Nc1cc(Cl)cc(Cl)c1. The van der Waals surface area contributed by atoms with Gasteiger partial charge >= 0.3 is 5.97 Å². The Morgan fingerprint density at radius 1 is 1.17 bits per heavy atom. The van der Waals surface area contributed by atoms with Crippen molar-refractivity contribution in [3.63, 3.8) is 0 Å². The van der Waals surface area contributed by atoms with Gasteiger partial charge in [0.2, 0.25) is 6.10 Å². The molecule has 0 radical (unpaired) electrons. The highest BCUT2D eigenvalue weighted by Gasteiger charge is 2.26. The Hall–Kier alpha value is -1.83. The summed E-state index contributed by atoms with van der Waals surface area (Å²) in [6.07, 6.45) is -1.20. The van der Waals surface area contributed by atoms with Crippen molar-refractivity contribution in [3.8, 4) is 0 Å². The highest BCUT2D eigenvalue weighted by Crippen LogP contribution is 2.22. The topological polar surface area (TPSA) is 105 Å². The monoisotopic (exact) mass is 362 g/mol. The number of carboxylic acids is 1. The number of anilines is 1. The van der Waals surface area contributed by atoms with E-state index in [9.17, 15) is 14.4 Å². The van der Waals surface area contributed by atoms with Gasteiger partial charge in [-0.1, -0.05) is 23.2 Å². The molecule has 1 rings (SSSR count). The van der Waals surface area contributed by atoms with Gasteiger partial charge in [-0.15, -0.1) is 0 Å². The summed E-state index contributed by atoms with van der Waals surface area (Å²) in [4.78, 5) is 34.3. The van der Waals surface area contributed by atoms with Gasteiger partial charge in [-0.2, -0.15) is 0 Å². The highest BCUT2D eigenvalue weighted by molar-refractivity contribution is 6.35. The summed E-state index contributed by atoms with van der Waals surface area (Å²) in [5.74, 6) is -2.32. The van der Waals surface area contributed by atoms with Crippen molar-refractivity contribution in [2.24, 2.45) is 0 Å². The third-order valence-corrected chi connectivity index (χ3v) is 3.15. The van der Waals surface area contributed by atoms with E-state index in [1.54, 1.807) is 0 Å². The van der Waals surface area contributed by atoms with Crippen LogP contribution in [0, 0.1) is 0 Å². The first-order chi connectivity index (χ1) is 10.8. The minimum atomic E-state index is -1.38. The Labute approximate surface area is 142 Å². The molecule has 0 saturated heterocycles. The number of ether oxygens (including phenoxy) is 1. The summed E-state index contributed by atoms with van der Waals surface area (Å²) >= 11 is 11.7. The zero-order valence-electron chi connectivity index (χ0n) is 12.3. The van der Waals surface area contributed by atoms with Gasteiger partial charge in [0.15, 0.2) is 0 Å². The predicted octanol–water partition coefficient (Wildman–Crippen LogP) is 1.93. The molecule has 0 saturated carbocycles. The molecule has 9 heteroatoms. The van der Waals surface area contributed by atoms with Crippen molar-refractivity contribution in [2.75, 3.05) is 19.0 Å². The van der Waals surface area contributed by atoms with Gasteiger partial charge < -0.3 is 20.5 Å². The maximum absolute atomic E-state index is 12.1. The smallest absolute Gasteiger partial charge is 0.303 e. The van der Waals surface area contributed by atoms with Gasteiger partial charge in [-0.05, 0) is 24.6 Å². The Morgan fingerprint density at radius 3 is 2.30 bits per heavy atom. The molecule has 1 aromatic rings. The lowest BCUT2D eigenvalue weighted by atomic mass is 10.2. The fourth-order valence-corrected chi connectivity index (χ4v) is 2.24. The summed E-state index contributed by atoms with van der Waals surface area (Å²) in [5, 5.41) is 14.1. The van der Waals surface area contributed by atoms with Gasteiger partial charge in [-0.25, -0.2) is 0 Å². The average molecular weight is 363 g/mol. The van der Waals surface area contributed by atoms with E-state index in [2.05, 4.69) is 10.6 Å². The van der Waals surface area contributed by atoms with E-state index in [4.69, 9.17) is 33.0 Å². The number of rotatable bonds is 8. The maximum atomic E-state index is 12.1. The molecule has 0 aliphatic carbocycles. The molecule has 7 nitrogen and oxygen atoms in total. The van der Waals surface area contributed by atoms with Crippen LogP contribution in [0.2, 0.25) is 10.0 Å². The summed E-state index contributed by atoms with van der Waals surface area (Å²) in [7, 11) is 1.21. The molecule has 1 aromatic carbocycles. The lowest BCUT2D eigenvalue weighted by Gasteiger charge is -2.15. The first-order valence-corrected chi connectivity index (χ1v) is 7.38. The molecule has 0 spiro atoms. The zero-order valence-corrected chi connectivity index (χ0v) is 13.8. The number of carbonyl (C=O) groups excluding carboxylic acids is 2. The van der Waals surface area contributed by atoms with E-state index in [1.807, 2.05) is 0 Å². The second kappa shape index (κ2) is 9.34. The maximum Gasteiger partial charge on any atom is 0.303 e. The van der Waals surface area contributed by atoms with Crippen molar-refractivity contribution in [2.45, 2.75) is 18.9 Å². The zero-order chi connectivity index (χ0) is 17.4. The van der Waals surface area contributed by atoms with Gasteiger partial charge in [0, 0.05) is 35.8 Å². The largest absolute Gasteiger partial charge is 0.481 e. The van der Waals surface area contributed by atoms with Crippen molar-refractivity contribution >= 4 is 46.7 Å². The molecule has 0 bridgehead atoms. The number of carboxylic acid groups (broad SMARTS) is 1. The lowest BCUT2D eigenvalue weighted by molar-refractivity contribution is -0.141. The summed E-state index contributed by atoms with van der Waals surface area (Å²) in [5.41, 5.74) is 0.327. The van der Waals surface area contributed by atoms with Crippen LogP contribution in [0.1, 0.15) is 12.8 Å².